The Balaban J connectivity index is 2.36. The Morgan fingerprint density at radius 3 is 2.87 bits per heavy atom. The quantitative estimate of drug-likeness (QED) is 0.689. The molecule has 0 amide bonds. The maximum Gasteiger partial charge on any atom is 0.234 e. The molecule has 0 atom stereocenters. The van der Waals surface area contributed by atoms with Crippen molar-refractivity contribution in [2.75, 3.05) is 31.7 Å². The van der Waals surface area contributed by atoms with Gasteiger partial charge in [-0.05, 0) is 13.8 Å². The van der Waals surface area contributed by atoms with Crippen LogP contribution in [-0.2, 0) is 4.74 Å². The smallest absolute Gasteiger partial charge is 0.234 e. The summed E-state index contributed by atoms with van der Waals surface area (Å²) in [4.78, 5) is 8.22. The first-order chi connectivity index (χ1) is 7.36. The van der Waals surface area contributed by atoms with Gasteiger partial charge >= 0.3 is 0 Å². The van der Waals surface area contributed by atoms with Gasteiger partial charge in [0.05, 0.1) is 19.0 Å². The fourth-order valence-electron chi connectivity index (χ4n) is 1.03. The van der Waals surface area contributed by atoms with E-state index in [2.05, 4.69) is 15.3 Å². The van der Waals surface area contributed by atoms with Crippen molar-refractivity contribution in [3.05, 3.63) is 12.4 Å². The van der Waals surface area contributed by atoms with Gasteiger partial charge in [-0.1, -0.05) is 0 Å². The van der Waals surface area contributed by atoms with E-state index in [1.165, 1.54) is 0 Å². The molecule has 0 radical (unpaired) electrons. The molecule has 1 aromatic rings. The highest BCUT2D eigenvalue weighted by Crippen LogP contribution is 2.08. The minimum Gasteiger partial charge on any atom is -0.474 e. The lowest BCUT2D eigenvalue weighted by molar-refractivity contribution is 0.108. The zero-order chi connectivity index (χ0) is 10.9. The van der Waals surface area contributed by atoms with Gasteiger partial charge in [-0.25, -0.2) is 0 Å². The zero-order valence-corrected chi connectivity index (χ0v) is 9.19. The SMILES string of the molecule is CCNc1cncc(OCCOCC)n1. The Morgan fingerprint density at radius 2 is 2.13 bits per heavy atom. The topological polar surface area (TPSA) is 56.3 Å². The molecule has 1 heterocycles. The molecule has 0 spiro atoms. The summed E-state index contributed by atoms with van der Waals surface area (Å²) in [6.45, 7) is 6.54. The summed E-state index contributed by atoms with van der Waals surface area (Å²) in [6, 6.07) is 0. The van der Waals surface area contributed by atoms with Gasteiger partial charge in [0, 0.05) is 13.2 Å². The van der Waals surface area contributed by atoms with Gasteiger partial charge in [-0.2, -0.15) is 4.98 Å². The number of aromatic nitrogens is 2. The third kappa shape index (κ3) is 4.60. The molecule has 0 saturated heterocycles. The summed E-state index contributed by atoms with van der Waals surface area (Å²) in [5, 5.41) is 3.06. The van der Waals surface area contributed by atoms with Crippen LogP contribution in [0.25, 0.3) is 0 Å². The van der Waals surface area contributed by atoms with E-state index < -0.39 is 0 Å². The molecule has 0 aliphatic rings. The van der Waals surface area contributed by atoms with Crippen LogP contribution in [-0.4, -0.2) is 36.3 Å². The van der Waals surface area contributed by atoms with Crippen LogP contribution in [0.3, 0.4) is 0 Å². The second kappa shape index (κ2) is 7.00. The molecule has 0 unspecified atom stereocenters. The largest absolute Gasteiger partial charge is 0.474 e. The summed E-state index contributed by atoms with van der Waals surface area (Å²) in [5.74, 6) is 1.25. The zero-order valence-electron chi connectivity index (χ0n) is 9.19. The molecule has 5 nitrogen and oxygen atoms in total. The molecule has 0 bridgehead atoms. The first kappa shape index (κ1) is 11.7. The number of hydrogen-bond acceptors (Lipinski definition) is 5. The molecule has 0 aliphatic carbocycles. The first-order valence-electron chi connectivity index (χ1n) is 5.13. The molecule has 1 rings (SSSR count). The predicted octanol–water partition coefficient (Wildman–Crippen LogP) is 1.32. The molecule has 0 aromatic carbocycles. The van der Waals surface area contributed by atoms with E-state index >= 15 is 0 Å². The van der Waals surface area contributed by atoms with Crippen molar-refractivity contribution < 1.29 is 9.47 Å². The Kier molecular flexibility index (Phi) is 5.47. The average Bonchev–Trinajstić information content (AvgIpc) is 2.26. The van der Waals surface area contributed by atoms with E-state index in [1.807, 2.05) is 13.8 Å². The third-order valence-corrected chi connectivity index (χ3v) is 1.65. The van der Waals surface area contributed by atoms with E-state index in [1.54, 1.807) is 12.4 Å². The normalized spacial score (nSPS) is 10.0. The molecule has 1 aromatic heterocycles. The molecule has 0 saturated carbocycles. The van der Waals surface area contributed by atoms with Gasteiger partial charge in [-0.3, -0.25) is 4.98 Å². The number of anilines is 1. The van der Waals surface area contributed by atoms with Crippen LogP contribution in [0.1, 0.15) is 13.8 Å². The van der Waals surface area contributed by atoms with E-state index in [-0.39, 0.29) is 0 Å². The fraction of sp³-hybridized carbons (Fsp3) is 0.600. The number of ether oxygens (including phenoxy) is 2. The van der Waals surface area contributed by atoms with Crippen LogP contribution >= 0.6 is 0 Å². The van der Waals surface area contributed by atoms with Crippen molar-refractivity contribution in [1.82, 2.24) is 9.97 Å². The van der Waals surface area contributed by atoms with Gasteiger partial charge < -0.3 is 14.8 Å². The maximum atomic E-state index is 5.36. The van der Waals surface area contributed by atoms with E-state index in [0.29, 0.717) is 25.7 Å². The van der Waals surface area contributed by atoms with Crippen molar-refractivity contribution in [3.8, 4) is 5.88 Å². The molecule has 0 fully saturated rings. The van der Waals surface area contributed by atoms with Gasteiger partial charge in [-0.15, -0.1) is 0 Å². The molecule has 15 heavy (non-hydrogen) atoms. The van der Waals surface area contributed by atoms with Crippen molar-refractivity contribution in [1.29, 1.82) is 0 Å². The van der Waals surface area contributed by atoms with Gasteiger partial charge in [0.25, 0.3) is 0 Å². The highest BCUT2D eigenvalue weighted by molar-refractivity contribution is 5.32. The Bertz CT molecular complexity index is 281. The Morgan fingerprint density at radius 1 is 1.27 bits per heavy atom. The van der Waals surface area contributed by atoms with Gasteiger partial charge in [0.2, 0.25) is 5.88 Å². The Hall–Kier alpha value is -1.36. The number of nitrogens with zero attached hydrogens (tertiary/aromatic N) is 2. The minimum atomic E-state index is 0.498. The molecule has 0 aliphatic heterocycles. The lowest BCUT2D eigenvalue weighted by Gasteiger charge is -2.06. The second-order valence-corrected chi connectivity index (χ2v) is 2.82. The Labute approximate surface area is 89.8 Å². The molecule has 84 valence electrons. The highest BCUT2D eigenvalue weighted by atomic mass is 16.5. The van der Waals surface area contributed by atoms with Crippen molar-refractivity contribution in [3.63, 3.8) is 0 Å². The summed E-state index contributed by atoms with van der Waals surface area (Å²) in [5.41, 5.74) is 0. The van der Waals surface area contributed by atoms with E-state index in [4.69, 9.17) is 9.47 Å². The number of nitrogens with one attached hydrogen (secondary N) is 1. The van der Waals surface area contributed by atoms with Gasteiger partial charge in [0.15, 0.2) is 0 Å². The third-order valence-electron chi connectivity index (χ3n) is 1.65. The summed E-state index contributed by atoms with van der Waals surface area (Å²) in [7, 11) is 0. The summed E-state index contributed by atoms with van der Waals surface area (Å²) >= 11 is 0. The van der Waals surface area contributed by atoms with Crippen LogP contribution in [0, 0.1) is 0 Å². The second-order valence-electron chi connectivity index (χ2n) is 2.82. The molecular formula is C10H17N3O2. The van der Waals surface area contributed by atoms with Crippen LogP contribution in [0.4, 0.5) is 5.82 Å². The average molecular weight is 211 g/mol. The number of rotatable bonds is 7. The maximum absolute atomic E-state index is 5.36. The highest BCUT2D eigenvalue weighted by Gasteiger charge is 1.98. The van der Waals surface area contributed by atoms with E-state index in [0.717, 1.165) is 12.4 Å². The van der Waals surface area contributed by atoms with Crippen LogP contribution in [0.5, 0.6) is 5.88 Å². The van der Waals surface area contributed by atoms with Gasteiger partial charge in [0.1, 0.15) is 12.4 Å². The van der Waals surface area contributed by atoms with Crippen LogP contribution < -0.4 is 10.1 Å². The lowest BCUT2D eigenvalue weighted by atomic mass is 10.6. The molecule has 1 N–H and O–H groups in total. The predicted molar refractivity (Wildman–Crippen MR) is 58.2 cm³/mol. The van der Waals surface area contributed by atoms with E-state index in [9.17, 15) is 0 Å². The van der Waals surface area contributed by atoms with Crippen LogP contribution in [0.15, 0.2) is 12.4 Å². The molecule has 5 heteroatoms. The standard InChI is InChI=1S/C10H17N3O2/c1-3-12-9-7-11-8-10(13-9)15-6-5-14-4-2/h7-8H,3-6H2,1-2H3,(H,12,13). The molecular weight excluding hydrogens is 194 g/mol. The fourth-order valence-corrected chi connectivity index (χ4v) is 1.03. The monoisotopic (exact) mass is 211 g/mol. The van der Waals surface area contributed by atoms with Crippen molar-refractivity contribution >= 4 is 5.82 Å². The number of hydrogen-bond donors (Lipinski definition) is 1. The van der Waals surface area contributed by atoms with Crippen molar-refractivity contribution in [2.45, 2.75) is 13.8 Å². The summed E-state index contributed by atoms with van der Waals surface area (Å²) < 4.78 is 10.5. The first-order valence-corrected chi connectivity index (χ1v) is 5.13. The van der Waals surface area contributed by atoms with Crippen LogP contribution in [0.2, 0.25) is 0 Å². The minimum absolute atomic E-state index is 0.498. The summed E-state index contributed by atoms with van der Waals surface area (Å²) in [6.07, 6.45) is 3.26. The lowest BCUT2D eigenvalue weighted by Crippen LogP contribution is -2.08. The van der Waals surface area contributed by atoms with Crippen molar-refractivity contribution in [2.24, 2.45) is 0 Å².